The maximum absolute atomic E-state index is 11.9. The fourth-order valence-corrected chi connectivity index (χ4v) is 1.97. The number of aryl methyl sites for hydroxylation is 1. The standard InChI is InChI=1S/C11H8ClN5O/c1-5-14-9-7-3-2-6(12)4-8(7)15-16-10(9)11(18)17(5)13/h2-4H,13H2,1H3. The van der Waals surface area contributed by atoms with E-state index in [0.29, 0.717) is 21.9 Å². The third kappa shape index (κ3) is 1.42. The van der Waals surface area contributed by atoms with Crippen molar-refractivity contribution in [1.29, 1.82) is 0 Å². The van der Waals surface area contributed by atoms with E-state index in [1.54, 1.807) is 25.1 Å². The van der Waals surface area contributed by atoms with Crippen LogP contribution < -0.4 is 11.4 Å². The first kappa shape index (κ1) is 10.9. The minimum absolute atomic E-state index is 0.151. The zero-order valence-electron chi connectivity index (χ0n) is 9.38. The highest BCUT2D eigenvalue weighted by atomic mass is 35.5. The molecule has 1 aromatic carbocycles. The Bertz CT molecular complexity index is 842. The maximum Gasteiger partial charge on any atom is 0.300 e. The third-order valence-corrected chi connectivity index (χ3v) is 2.98. The molecule has 0 saturated carbocycles. The van der Waals surface area contributed by atoms with Crippen LogP contribution in [0.2, 0.25) is 5.02 Å². The molecule has 90 valence electrons. The van der Waals surface area contributed by atoms with Gasteiger partial charge in [0.2, 0.25) is 0 Å². The van der Waals surface area contributed by atoms with Crippen LogP contribution in [0.5, 0.6) is 0 Å². The summed E-state index contributed by atoms with van der Waals surface area (Å²) in [4.78, 5) is 16.2. The van der Waals surface area contributed by atoms with Gasteiger partial charge < -0.3 is 5.84 Å². The summed E-state index contributed by atoms with van der Waals surface area (Å²) in [6.07, 6.45) is 0. The molecule has 2 N–H and O–H groups in total. The first-order valence-corrected chi connectivity index (χ1v) is 5.56. The van der Waals surface area contributed by atoms with Crippen molar-refractivity contribution < 1.29 is 0 Å². The summed E-state index contributed by atoms with van der Waals surface area (Å²) < 4.78 is 0.957. The van der Waals surface area contributed by atoms with E-state index in [1.807, 2.05) is 0 Å². The molecule has 0 saturated heterocycles. The van der Waals surface area contributed by atoms with E-state index in [0.717, 1.165) is 10.1 Å². The van der Waals surface area contributed by atoms with E-state index < -0.39 is 5.56 Å². The topological polar surface area (TPSA) is 86.7 Å². The molecule has 2 heterocycles. The number of fused-ring (bicyclic) bond motifs is 3. The number of aromatic nitrogens is 4. The second kappa shape index (κ2) is 3.64. The highest BCUT2D eigenvalue weighted by molar-refractivity contribution is 6.31. The molecule has 0 aliphatic carbocycles. The van der Waals surface area contributed by atoms with Crippen LogP contribution in [0.25, 0.3) is 21.9 Å². The van der Waals surface area contributed by atoms with E-state index in [-0.39, 0.29) is 5.52 Å². The normalized spacial score (nSPS) is 11.2. The molecule has 18 heavy (non-hydrogen) atoms. The molecule has 6 nitrogen and oxygen atoms in total. The number of benzene rings is 1. The maximum atomic E-state index is 11.9. The fraction of sp³-hybridized carbons (Fsp3) is 0.0909. The Balaban J connectivity index is 2.59. The summed E-state index contributed by atoms with van der Waals surface area (Å²) in [5, 5.41) is 9.11. The monoisotopic (exact) mass is 261 g/mol. The van der Waals surface area contributed by atoms with Gasteiger partial charge in [-0.25, -0.2) is 9.66 Å². The minimum Gasteiger partial charge on any atom is -0.335 e. The second-order valence-corrected chi connectivity index (χ2v) is 4.33. The lowest BCUT2D eigenvalue weighted by Gasteiger charge is -2.05. The van der Waals surface area contributed by atoms with Gasteiger partial charge in [0, 0.05) is 10.4 Å². The molecule has 2 aromatic heterocycles. The van der Waals surface area contributed by atoms with E-state index in [2.05, 4.69) is 15.2 Å². The molecule has 0 bridgehead atoms. The lowest BCUT2D eigenvalue weighted by atomic mass is 10.2. The SMILES string of the molecule is Cc1nc2c(nnc3cc(Cl)ccc32)c(=O)n1N. The number of nitrogens with two attached hydrogens (primary N) is 1. The molecule has 0 spiro atoms. The number of nitrogens with zero attached hydrogens (tertiary/aromatic N) is 4. The summed E-state index contributed by atoms with van der Waals surface area (Å²) in [6.45, 7) is 1.66. The summed E-state index contributed by atoms with van der Waals surface area (Å²) in [5.74, 6) is 5.98. The number of nitrogen functional groups attached to an aromatic ring is 1. The predicted octanol–water partition coefficient (Wildman–Crippen LogP) is 1.02. The first-order chi connectivity index (χ1) is 8.58. The summed E-state index contributed by atoms with van der Waals surface area (Å²) in [6, 6.07) is 5.16. The minimum atomic E-state index is -0.415. The van der Waals surface area contributed by atoms with Gasteiger partial charge in [0.1, 0.15) is 11.3 Å². The van der Waals surface area contributed by atoms with Crippen molar-refractivity contribution in [2.75, 3.05) is 5.84 Å². The quantitative estimate of drug-likeness (QED) is 0.482. The first-order valence-electron chi connectivity index (χ1n) is 5.18. The van der Waals surface area contributed by atoms with Crippen molar-refractivity contribution in [2.24, 2.45) is 0 Å². The highest BCUT2D eigenvalue weighted by Gasteiger charge is 2.11. The third-order valence-electron chi connectivity index (χ3n) is 2.74. The summed E-state index contributed by atoms with van der Waals surface area (Å²) in [5.41, 5.74) is 0.816. The van der Waals surface area contributed by atoms with Gasteiger partial charge in [-0.15, -0.1) is 10.2 Å². The summed E-state index contributed by atoms with van der Waals surface area (Å²) in [7, 11) is 0. The van der Waals surface area contributed by atoms with Crippen molar-refractivity contribution in [3.63, 3.8) is 0 Å². The number of halogens is 1. The Labute approximate surface area is 106 Å². The van der Waals surface area contributed by atoms with Gasteiger partial charge in [0.25, 0.3) is 5.56 Å². The molecule has 0 aliphatic heterocycles. The average molecular weight is 262 g/mol. The van der Waals surface area contributed by atoms with Crippen LogP contribution in [0.1, 0.15) is 5.82 Å². The number of rotatable bonds is 0. The second-order valence-electron chi connectivity index (χ2n) is 3.89. The van der Waals surface area contributed by atoms with Gasteiger partial charge >= 0.3 is 0 Å². The molecule has 7 heteroatoms. The Morgan fingerprint density at radius 3 is 2.83 bits per heavy atom. The highest BCUT2D eigenvalue weighted by Crippen LogP contribution is 2.21. The van der Waals surface area contributed by atoms with Crippen LogP contribution in [-0.2, 0) is 0 Å². The Morgan fingerprint density at radius 1 is 1.28 bits per heavy atom. The van der Waals surface area contributed by atoms with Gasteiger partial charge in [-0.3, -0.25) is 4.79 Å². The molecule has 3 aromatic rings. The zero-order chi connectivity index (χ0) is 12.9. The van der Waals surface area contributed by atoms with Crippen molar-refractivity contribution >= 4 is 33.5 Å². The van der Waals surface area contributed by atoms with Crippen molar-refractivity contribution in [1.82, 2.24) is 19.9 Å². The van der Waals surface area contributed by atoms with E-state index >= 15 is 0 Å². The van der Waals surface area contributed by atoms with Gasteiger partial charge in [0.05, 0.1) is 5.52 Å². The van der Waals surface area contributed by atoms with Crippen LogP contribution in [0, 0.1) is 6.92 Å². The van der Waals surface area contributed by atoms with E-state index in [4.69, 9.17) is 17.4 Å². The number of hydrogen-bond donors (Lipinski definition) is 1. The summed E-state index contributed by atoms with van der Waals surface area (Å²) >= 11 is 5.88. The van der Waals surface area contributed by atoms with Crippen LogP contribution >= 0.6 is 11.6 Å². The van der Waals surface area contributed by atoms with Crippen LogP contribution in [-0.4, -0.2) is 19.9 Å². The predicted molar refractivity (Wildman–Crippen MR) is 69.0 cm³/mol. The van der Waals surface area contributed by atoms with Gasteiger partial charge in [-0.05, 0) is 25.1 Å². The van der Waals surface area contributed by atoms with Crippen molar-refractivity contribution in [3.8, 4) is 0 Å². The Morgan fingerprint density at radius 2 is 2.06 bits per heavy atom. The van der Waals surface area contributed by atoms with E-state index in [9.17, 15) is 4.79 Å². The molecule has 0 radical (unpaired) electrons. The molecular formula is C11H8ClN5O. The molecule has 3 rings (SSSR count). The van der Waals surface area contributed by atoms with Gasteiger partial charge in [-0.2, -0.15) is 0 Å². The largest absolute Gasteiger partial charge is 0.335 e. The molecule has 0 fully saturated rings. The lowest BCUT2D eigenvalue weighted by molar-refractivity contribution is 0.844. The lowest BCUT2D eigenvalue weighted by Crippen LogP contribution is -2.31. The van der Waals surface area contributed by atoms with E-state index in [1.165, 1.54) is 0 Å². The van der Waals surface area contributed by atoms with Crippen molar-refractivity contribution in [3.05, 3.63) is 39.4 Å². The van der Waals surface area contributed by atoms with Crippen LogP contribution in [0.3, 0.4) is 0 Å². The average Bonchev–Trinajstić information content (AvgIpc) is 2.35. The van der Waals surface area contributed by atoms with Gasteiger partial charge in [0.15, 0.2) is 5.52 Å². The molecule has 0 atom stereocenters. The Kier molecular flexibility index (Phi) is 2.21. The molecule has 0 aliphatic rings. The number of hydrogen-bond acceptors (Lipinski definition) is 5. The Hall–Kier alpha value is -2.21. The van der Waals surface area contributed by atoms with Crippen molar-refractivity contribution in [2.45, 2.75) is 6.92 Å². The molecule has 0 amide bonds. The van der Waals surface area contributed by atoms with Gasteiger partial charge in [-0.1, -0.05) is 11.6 Å². The van der Waals surface area contributed by atoms with Crippen LogP contribution in [0.4, 0.5) is 0 Å². The fourth-order valence-electron chi connectivity index (χ4n) is 1.80. The van der Waals surface area contributed by atoms with Crippen LogP contribution in [0.15, 0.2) is 23.0 Å². The zero-order valence-corrected chi connectivity index (χ0v) is 10.1. The smallest absolute Gasteiger partial charge is 0.300 e. The molecular weight excluding hydrogens is 254 g/mol. The molecule has 0 unspecified atom stereocenters.